The van der Waals surface area contributed by atoms with Gasteiger partial charge in [-0.1, -0.05) is 35.9 Å². The molecule has 0 bridgehead atoms. The molecule has 116 valence electrons. The molecule has 1 aliphatic heterocycles. The van der Waals surface area contributed by atoms with Gasteiger partial charge in [0.25, 0.3) is 5.91 Å². The van der Waals surface area contributed by atoms with E-state index in [1.54, 1.807) is 6.08 Å². The van der Waals surface area contributed by atoms with Crippen molar-refractivity contribution in [3.63, 3.8) is 0 Å². The van der Waals surface area contributed by atoms with Crippen molar-refractivity contribution in [3.05, 3.63) is 69.6 Å². The van der Waals surface area contributed by atoms with Crippen LogP contribution in [0.3, 0.4) is 0 Å². The summed E-state index contributed by atoms with van der Waals surface area (Å²) in [7, 11) is 0. The first-order valence-corrected chi connectivity index (χ1v) is 8.05. The summed E-state index contributed by atoms with van der Waals surface area (Å²) in [5.74, 6) is 0.446. The lowest BCUT2D eigenvalue weighted by molar-refractivity contribution is -0.113. The van der Waals surface area contributed by atoms with Crippen LogP contribution in [0.2, 0.25) is 5.02 Å². The maximum Gasteiger partial charge on any atom is 0.286 e. The van der Waals surface area contributed by atoms with Crippen molar-refractivity contribution in [2.75, 3.05) is 0 Å². The van der Waals surface area contributed by atoms with Crippen LogP contribution in [-0.2, 0) is 11.4 Å². The molecular formula is C17H13ClN2O2S. The van der Waals surface area contributed by atoms with Gasteiger partial charge in [0.15, 0.2) is 5.17 Å². The van der Waals surface area contributed by atoms with Gasteiger partial charge >= 0.3 is 0 Å². The van der Waals surface area contributed by atoms with E-state index < -0.39 is 0 Å². The van der Waals surface area contributed by atoms with E-state index >= 15 is 0 Å². The topological polar surface area (TPSA) is 64.7 Å². The van der Waals surface area contributed by atoms with Crippen LogP contribution in [0.5, 0.6) is 5.75 Å². The van der Waals surface area contributed by atoms with Crippen LogP contribution in [0, 0.1) is 0 Å². The fourth-order valence-electron chi connectivity index (χ4n) is 2.03. The second kappa shape index (κ2) is 6.89. The Balaban J connectivity index is 1.64. The molecule has 1 amide bonds. The maximum atomic E-state index is 11.6. The lowest BCUT2D eigenvalue weighted by Crippen LogP contribution is -2.01. The lowest BCUT2D eigenvalue weighted by atomic mass is 10.2. The van der Waals surface area contributed by atoms with Gasteiger partial charge in [0.2, 0.25) is 0 Å². The van der Waals surface area contributed by atoms with Crippen LogP contribution in [0.4, 0.5) is 0 Å². The molecule has 1 aliphatic rings. The fraction of sp³-hybridized carbons (Fsp3) is 0.0588. The Hall–Kier alpha value is -2.24. The maximum absolute atomic E-state index is 11.6. The van der Waals surface area contributed by atoms with Crippen LogP contribution in [0.1, 0.15) is 11.1 Å². The van der Waals surface area contributed by atoms with Crippen LogP contribution >= 0.6 is 23.4 Å². The number of hydrogen-bond donors (Lipinski definition) is 1. The minimum Gasteiger partial charge on any atom is -0.489 e. The molecule has 0 fully saturated rings. The Bertz CT molecular complexity index is 800. The minimum absolute atomic E-state index is 0.280. The average Bonchev–Trinajstić information content (AvgIpc) is 2.84. The Morgan fingerprint density at radius 2 is 2.00 bits per heavy atom. The predicted octanol–water partition coefficient (Wildman–Crippen LogP) is 3.85. The minimum atomic E-state index is -0.297. The van der Waals surface area contributed by atoms with Crippen molar-refractivity contribution in [2.24, 2.45) is 10.7 Å². The van der Waals surface area contributed by atoms with Crippen molar-refractivity contribution in [1.82, 2.24) is 0 Å². The second-order valence-corrected chi connectivity index (χ2v) is 6.35. The number of nitrogens with two attached hydrogens (primary N) is 1. The highest BCUT2D eigenvalue weighted by Gasteiger charge is 2.19. The number of amides is 1. The molecule has 0 aromatic heterocycles. The Labute approximate surface area is 143 Å². The Morgan fingerprint density at radius 1 is 1.22 bits per heavy atom. The normalized spacial score (nSPS) is 15.8. The first-order chi connectivity index (χ1) is 11.1. The van der Waals surface area contributed by atoms with Gasteiger partial charge in [-0.3, -0.25) is 4.79 Å². The molecule has 23 heavy (non-hydrogen) atoms. The van der Waals surface area contributed by atoms with E-state index in [1.807, 2.05) is 48.5 Å². The summed E-state index contributed by atoms with van der Waals surface area (Å²) in [6, 6.07) is 15.0. The molecule has 6 heteroatoms. The number of benzene rings is 2. The quantitative estimate of drug-likeness (QED) is 0.856. The second-order valence-electron chi connectivity index (χ2n) is 4.85. The molecule has 0 radical (unpaired) electrons. The zero-order chi connectivity index (χ0) is 16.2. The number of thioether (sulfide) groups is 1. The van der Waals surface area contributed by atoms with Crippen LogP contribution < -0.4 is 10.5 Å². The molecule has 0 aliphatic carbocycles. The third-order valence-electron chi connectivity index (χ3n) is 3.11. The largest absolute Gasteiger partial charge is 0.489 e. The summed E-state index contributed by atoms with van der Waals surface area (Å²) in [5.41, 5.74) is 7.41. The number of rotatable bonds is 4. The van der Waals surface area contributed by atoms with Crippen molar-refractivity contribution in [2.45, 2.75) is 6.61 Å². The van der Waals surface area contributed by atoms with Crippen LogP contribution in [0.25, 0.3) is 6.08 Å². The first-order valence-electron chi connectivity index (χ1n) is 6.85. The smallest absolute Gasteiger partial charge is 0.286 e. The van der Waals surface area contributed by atoms with E-state index in [0.717, 1.165) is 16.9 Å². The standard InChI is InChI=1S/C17H13ClN2O2S/c18-13-3-1-2-12(8-13)10-22-14-6-4-11(5-7-14)9-15-16(21)20-17(19)23-15/h1-9H,10H2,(H2,19,20,21)/b15-9-. The van der Waals surface area contributed by atoms with Crippen molar-refractivity contribution >= 4 is 40.5 Å². The zero-order valence-electron chi connectivity index (χ0n) is 12.0. The average molecular weight is 345 g/mol. The fourth-order valence-corrected chi connectivity index (χ4v) is 2.93. The summed E-state index contributed by atoms with van der Waals surface area (Å²) < 4.78 is 5.72. The molecule has 2 aromatic carbocycles. The summed E-state index contributed by atoms with van der Waals surface area (Å²) in [6.45, 7) is 0.444. The molecule has 0 atom stereocenters. The Morgan fingerprint density at radius 3 is 2.65 bits per heavy atom. The van der Waals surface area contributed by atoms with Crippen LogP contribution in [0.15, 0.2) is 58.4 Å². The highest BCUT2D eigenvalue weighted by Crippen LogP contribution is 2.27. The van der Waals surface area contributed by atoms with Crippen molar-refractivity contribution < 1.29 is 9.53 Å². The van der Waals surface area contributed by atoms with Gasteiger partial charge in [-0.2, -0.15) is 4.99 Å². The first kappa shape index (κ1) is 15.6. The molecule has 4 nitrogen and oxygen atoms in total. The molecular weight excluding hydrogens is 332 g/mol. The highest BCUT2D eigenvalue weighted by atomic mass is 35.5. The summed E-state index contributed by atoms with van der Waals surface area (Å²) >= 11 is 7.12. The summed E-state index contributed by atoms with van der Waals surface area (Å²) in [4.78, 5) is 15.7. The van der Waals surface area contributed by atoms with Gasteiger partial charge < -0.3 is 10.5 Å². The highest BCUT2D eigenvalue weighted by molar-refractivity contribution is 8.18. The number of ether oxygens (including phenoxy) is 1. The molecule has 0 unspecified atom stereocenters. The van der Waals surface area contributed by atoms with Crippen molar-refractivity contribution in [3.8, 4) is 5.75 Å². The van der Waals surface area contributed by atoms with E-state index in [4.69, 9.17) is 22.1 Å². The molecule has 1 heterocycles. The number of carbonyl (C=O) groups is 1. The van der Waals surface area contributed by atoms with Gasteiger partial charge in [-0.25, -0.2) is 0 Å². The van der Waals surface area contributed by atoms with E-state index in [1.165, 1.54) is 11.8 Å². The molecule has 2 N–H and O–H groups in total. The molecule has 2 aromatic rings. The third-order valence-corrected chi connectivity index (χ3v) is 4.16. The van der Waals surface area contributed by atoms with Crippen molar-refractivity contribution in [1.29, 1.82) is 0 Å². The molecule has 0 saturated carbocycles. The van der Waals surface area contributed by atoms with Gasteiger partial charge in [0, 0.05) is 5.02 Å². The van der Waals surface area contributed by atoms with E-state index in [0.29, 0.717) is 16.5 Å². The number of amidine groups is 1. The number of aliphatic imine (C=N–C) groups is 1. The molecule has 0 saturated heterocycles. The number of hydrogen-bond acceptors (Lipinski definition) is 4. The summed E-state index contributed by atoms with van der Waals surface area (Å²) in [5, 5.41) is 0.969. The SMILES string of the molecule is NC1=NC(=O)/C(=C/c2ccc(OCc3cccc(Cl)c3)cc2)S1. The van der Waals surface area contributed by atoms with E-state index in [-0.39, 0.29) is 11.1 Å². The monoisotopic (exact) mass is 344 g/mol. The van der Waals surface area contributed by atoms with Gasteiger partial charge in [0.05, 0.1) is 4.91 Å². The van der Waals surface area contributed by atoms with Gasteiger partial charge in [-0.15, -0.1) is 0 Å². The Kier molecular flexibility index (Phi) is 4.69. The molecule has 0 spiro atoms. The van der Waals surface area contributed by atoms with E-state index in [9.17, 15) is 4.79 Å². The lowest BCUT2D eigenvalue weighted by Gasteiger charge is -2.07. The van der Waals surface area contributed by atoms with E-state index in [2.05, 4.69) is 4.99 Å². The number of nitrogens with zero attached hydrogens (tertiary/aromatic N) is 1. The number of carbonyl (C=O) groups excluding carboxylic acids is 1. The zero-order valence-corrected chi connectivity index (χ0v) is 13.6. The van der Waals surface area contributed by atoms with Crippen LogP contribution in [-0.4, -0.2) is 11.1 Å². The van der Waals surface area contributed by atoms with Gasteiger partial charge in [0.1, 0.15) is 12.4 Å². The van der Waals surface area contributed by atoms with Gasteiger partial charge in [-0.05, 0) is 53.2 Å². The molecule has 3 rings (SSSR count). The third kappa shape index (κ3) is 4.15. The summed E-state index contributed by atoms with van der Waals surface area (Å²) in [6.07, 6.45) is 1.76. The number of halogens is 1. The predicted molar refractivity (Wildman–Crippen MR) is 94.4 cm³/mol.